The van der Waals surface area contributed by atoms with Gasteiger partial charge in [-0.1, -0.05) is 63.9 Å². The summed E-state index contributed by atoms with van der Waals surface area (Å²) in [6, 6.07) is 18.0. The monoisotopic (exact) mass is 556 g/mol. The molecule has 3 aromatic rings. The highest BCUT2D eigenvalue weighted by molar-refractivity contribution is 9.10. The molecule has 4 atom stereocenters. The van der Waals surface area contributed by atoms with Gasteiger partial charge in [0.05, 0.1) is 30.7 Å². The number of hydrogen-bond acceptors (Lipinski definition) is 4. The van der Waals surface area contributed by atoms with E-state index in [1.165, 1.54) is 0 Å². The number of fused-ring (bicyclic) bond motifs is 2. The van der Waals surface area contributed by atoms with E-state index in [9.17, 15) is 14.7 Å². The van der Waals surface area contributed by atoms with Crippen molar-refractivity contribution < 1.29 is 19.4 Å². The Hall–Kier alpha value is -2.45. The fraction of sp³-hybridized carbons (Fsp3) is 0.333. The number of nitrogens with one attached hydrogen (secondary N) is 1. The Kier molecular flexibility index (Phi) is 7.12. The van der Waals surface area contributed by atoms with Crippen molar-refractivity contribution in [2.45, 2.75) is 31.0 Å². The Morgan fingerprint density at radius 1 is 1.14 bits per heavy atom. The van der Waals surface area contributed by atoms with Crippen molar-refractivity contribution in [2.24, 2.45) is 5.92 Å². The molecular weight excluding hydrogens is 532 g/mol. The summed E-state index contributed by atoms with van der Waals surface area (Å²) in [7, 11) is 0. The van der Waals surface area contributed by atoms with E-state index in [0.29, 0.717) is 30.2 Å². The van der Waals surface area contributed by atoms with E-state index in [1.807, 2.05) is 47.4 Å². The van der Waals surface area contributed by atoms with Gasteiger partial charge in [0, 0.05) is 28.2 Å². The average molecular weight is 558 g/mol. The number of carbonyl (C=O) groups is 2. The van der Waals surface area contributed by atoms with Crippen LogP contribution in [0.5, 0.6) is 0 Å². The third-order valence-corrected chi connectivity index (χ3v) is 7.92. The van der Waals surface area contributed by atoms with E-state index in [1.54, 1.807) is 18.2 Å². The highest BCUT2D eigenvalue weighted by Crippen LogP contribution is 2.35. The van der Waals surface area contributed by atoms with Crippen LogP contribution in [-0.4, -0.2) is 53.7 Å². The number of rotatable bonds is 5. The van der Waals surface area contributed by atoms with Crippen molar-refractivity contribution in [3.8, 4) is 0 Å². The Morgan fingerprint density at radius 2 is 1.94 bits per heavy atom. The molecule has 3 aromatic carbocycles. The summed E-state index contributed by atoms with van der Waals surface area (Å²) in [5, 5.41) is 15.3. The smallest absolute Gasteiger partial charge is 0.254 e. The number of carbonyl (C=O) groups excluding carboxylic acids is 2. The van der Waals surface area contributed by atoms with Crippen LogP contribution in [-0.2, 0) is 9.53 Å². The van der Waals surface area contributed by atoms with Crippen LogP contribution in [0.1, 0.15) is 34.8 Å². The van der Waals surface area contributed by atoms with Crippen LogP contribution in [0, 0.1) is 5.92 Å². The Labute approximate surface area is 217 Å². The summed E-state index contributed by atoms with van der Waals surface area (Å²) in [6.45, 7) is 0.610. The molecule has 2 unspecified atom stereocenters. The van der Waals surface area contributed by atoms with Gasteiger partial charge >= 0.3 is 0 Å². The first kappa shape index (κ1) is 24.3. The summed E-state index contributed by atoms with van der Waals surface area (Å²) in [5.74, 6) is -0.759. The molecule has 5 rings (SSSR count). The Morgan fingerprint density at radius 3 is 2.71 bits per heavy atom. The summed E-state index contributed by atoms with van der Waals surface area (Å²) < 4.78 is 6.87. The van der Waals surface area contributed by atoms with Crippen molar-refractivity contribution >= 4 is 50.1 Å². The SMILES string of the molecule is O=C(NC(CO)c1cccc(Cl)c1)C1C[C@@H]2OCC[C@@H]2N(C(=O)c2ccc(Br)c3ccccc23)C1. The standard InChI is InChI=1S/C27H26BrClN2O4/c28-22-9-8-21(19-6-1-2-7-20(19)22)27(34)31-14-17(13-25-24(31)10-11-35-25)26(33)30-23(15-32)16-4-3-5-18(29)12-16/h1-9,12,17,23-25,32H,10-11,13-15H2,(H,30,33)/t17?,23?,24-,25-/m0/s1. The molecule has 6 nitrogen and oxygen atoms in total. The molecule has 182 valence electrons. The fourth-order valence-corrected chi connectivity index (χ4v) is 5.90. The first-order chi connectivity index (χ1) is 17.0. The minimum absolute atomic E-state index is 0.0597. The number of ether oxygens (including phenoxy) is 1. The summed E-state index contributed by atoms with van der Waals surface area (Å²) in [4.78, 5) is 29.0. The number of aliphatic hydroxyl groups excluding tert-OH is 1. The van der Waals surface area contributed by atoms with Crippen LogP contribution >= 0.6 is 27.5 Å². The zero-order chi connectivity index (χ0) is 24.5. The van der Waals surface area contributed by atoms with Crippen molar-refractivity contribution in [1.29, 1.82) is 0 Å². The third kappa shape index (κ3) is 4.83. The minimum Gasteiger partial charge on any atom is -0.394 e. The minimum atomic E-state index is -0.581. The number of benzene rings is 3. The zero-order valence-corrected chi connectivity index (χ0v) is 21.3. The van der Waals surface area contributed by atoms with Gasteiger partial charge in [0.2, 0.25) is 5.91 Å². The lowest BCUT2D eigenvalue weighted by molar-refractivity contribution is -0.129. The van der Waals surface area contributed by atoms with Crippen LogP contribution in [0.4, 0.5) is 0 Å². The van der Waals surface area contributed by atoms with E-state index in [4.69, 9.17) is 16.3 Å². The number of amides is 2. The molecule has 0 saturated carbocycles. The van der Waals surface area contributed by atoms with Crippen molar-refractivity contribution in [1.82, 2.24) is 10.2 Å². The average Bonchev–Trinajstić information content (AvgIpc) is 3.35. The molecule has 2 aliphatic rings. The Balaban J connectivity index is 1.40. The largest absolute Gasteiger partial charge is 0.394 e. The quantitative estimate of drug-likeness (QED) is 0.476. The molecule has 2 saturated heterocycles. The maximum atomic E-state index is 13.8. The number of likely N-dealkylation sites (tertiary alicyclic amines) is 1. The van der Waals surface area contributed by atoms with Crippen LogP contribution in [0.3, 0.4) is 0 Å². The zero-order valence-electron chi connectivity index (χ0n) is 19.0. The molecule has 8 heteroatoms. The van der Waals surface area contributed by atoms with Crippen LogP contribution in [0.2, 0.25) is 5.02 Å². The molecule has 2 aliphatic heterocycles. The van der Waals surface area contributed by atoms with E-state index >= 15 is 0 Å². The third-order valence-electron chi connectivity index (χ3n) is 6.99. The number of piperidine rings is 1. The van der Waals surface area contributed by atoms with E-state index in [2.05, 4.69) is 21.2 Å². The van der Waals surface area contributed by atoms with E-state index < -0.39 is 12.0 Å². The van der Waals surface area contributed by atoms with E-state index in [-0.39, 0.29) is 30.6 Å². The second-order valence-electron chi connectivity index (χ2n) is 9.09. The maximum Gasteiger partial charge on any atom is 0.254 e. The molecular formula is C27H26BrClN2O4. The lowest BCUT2D eigenvalue weighted by Crippen LogP contribution is -2.55. The first-order valence-electron chi connectivity index (χ1n) is 11.7. The van der Waals surface area contributed by atoms with E-state index in [0.717, 1.165) is 27.2 Å². The highest BCUT2D eigenvalue weighted by atomic mass is 79.9. The molecule has 0 aromatic heterocycles. The molecule has 2 N–H and O–H groups in total. The van der Waals surface area contributed by atoms with Gasteiger partial charge in [0.15, 0.2) is 0 Å². The maximum absolute atomic E-state index is 13.8. The summed E-state index contributed by atoms with van der Waals surface area (Å²) in [6.07, 6.45) is 1.10. The molecule has 0 aliphatic carbocycles. The van der Waals surface area contributed by atoms with Gasteiger partial charge in [-0.05, 0) is 53.4 Å². The number of aliphatic hydroxyl groups is 1. The topological polar surface area (TPSA) is 78.9 Å². The second-order valence-corrected chi connectivity index (χ2v) is 10.4. The predicted molar refractivity (Wildman–Crippen MR) is 138 cm³/mol. The number of nitrogens with zero attached hydrogens (tertiary/aromatic N) is 1. The molecule has 2 fully saturated rings. The Bertz CT molecular complexity index is 1270. The van der Waals surface area contributed by atoms with Gasteiger partial charge in [-0.25, -0.2) is 0 Å². The van der Waals surface area contributed by atoms with Crippen molar-refractivity contribution in [2.75, 3.05) is 19.8 Å². The predicted octanol–water partition coefficient (Wildman–Crippen LogP) is 4.73. The van der Waals surface area contributed by atoms with Crippen LogP contribution in [0.25, 0.3) is 10.8 Å². The molecule has 2 heterocycles. The van der Waals surface area contributed by atoms with Gasteiger partial charge in [0.25, 0.3) is 5.91 Å². The highest BCUT2D eigenvalue weighted by Gasteiger charge is 2.44. The molecule has 0 bridgehead atoms. The molecule has 0 spiro atoms. The summed E-state index contributed by atoms with van der Waals surface area (Å²) in [5.41, 5.74) is 1.34. The van der Waals surface area contributed by atoms with Gasteiger partial charge in [-0.2, -0.15) is 0 Å². The first-order valence-corrected chi connectivity index (χ1v) is 12.9. The van der Waals surface area contributed by atoms with Gasteiger partial charge in [-0.15, -0.1) is 0 Å². The molecule has 35 heavy (non-hydrogen) atoms. The lowest BCUT2D eigenvalue weighted by atomic mass is 9.88. The second kappa shape index (κ2) is 10.3. The van der Waals surface area contributed by atoms with Crippen molar-refractivity contribution in [3.63, 3.8) is 0 Å². The van der Waals surface area contributed by atoms with Crippen molar-refractivity contribution in [3.05, 3.63) is 81.3 Å². The van der Waals surface area contributed by atoms with Gasteiger partial charge in [-0.3, -0.25) is 9.59 Å². The summed E-state index contributed by atoms with van der Waals surface area (Å²) >= 11 is 9.67. The van der Waals surface area contributed by atoms with Crippen LogP contribution in [0.15, 0.2) is 65.1 Å². The molecule has 0 radical (unpaired) electrons. The van der Waals surface area contributed by atoms with Gasteiger partial charge in [0.1, 0.15) is 0 Å². The lowest BCUT2D eigenvalue weighted by Gasteiger charge is -2.40. The van der Waals surface area contributed by atoms with Crippen LogP contribution < -0.4 is 5.32 Å². The normalized spacial score (nSPS) is 22.6. The molecule has 2 amide bonds. The van der Waals surface area contributed by atoms with Gasteiger partial charge < -0.3 is 20.1 Å². The fourth-order valence-electron chi connectivity index (χ4n) is 5.22. The number of hydrogen-bond donors (Lipinski definition) is 2. The number of halogens is 2.